The molecule has 2 heterocycles. The summed E-state index contributed by atoms with van der Waals surface area (Å²) in [7, 11) is 0. The number of amides is 1. The quantitative estimate of drug-likeness (QED) is 0.915. The lowest BCUT2D eigenvalue weighted by molar-refractivity contribution is 0.0759. The summed E-state index contributed by atoms with van der Waals surface area (Å²) in [5, 5.41) is 0. The van der Waals surface area contributed by atoms with Crippen molar-refractivity contribution in [3.63, 3.8) is 0 Å². The molecule has 2 aliphatic rings. The van der Waals surface area contributed by atoms with Gasteiger partial charge in [0.15, 0.2) is 0 Å². The van der Waals surface area contributed by atoms with Gasteiger partial charge in [0.25, 0.3) is 11.5 Å². The van der Waals surface area contributed by atoms with Crippen molar-refractivity contribution in [2.75, 3.05) is 13.1 Å². The highest BCUT2D eigenvalue weighted by Crippen LogP contribution is 2.28. The molecule has 4 heteroatoms. The molecule has 0 saturated carbocycles. The van der Waals surface area contributed by atoms with Gasteiger partial charge in [-0.1, -0.05) is 30.3 Å². The van der Waals surface area contributed by atoms with Crippen molar-refractivity contribution >= 4 is 5.91 Å². The maximum absolute atomic E-state index is 12.9. The van der Waals surface area contributed by atoms with Crippen LogP contribution in [-0.4, -0.2) is 28.9 Å². The smallest absolute Gasteiger partial charge is 0.261 e. The molecule has 1 unspecified atom stereocenters. The second-order valence-corrected chi connectivity index (χ2v) is 7.20. The topological polar surface area (TPSA) is 53.2 Å². The molecular weight excluding hydrogens is 312 g/mol. The van der Waals surface area contributed by atoms with E-state index in [1.165, 1.54) is 5.56 Å². The minimum atomic E-state index is -0.227. The van der Waals surface area contributed by atoms with Gasteiger partial charge in [-0.15, -0.1) is 0 Å². The lowest BCUT2D eigenvalue weighted by Gasteiger charge is -2.21. The number of aromatic nitrogens is 1. The summed E-state index contributed by atoms with van der Waals surface area (Å²) in [4.78, 5) is 30.0. The Morgan fingerprint density at radius 2 is 1.88 bits per heavy atom. The summed E-state index contributed by atoms with van der Waals surface area (Å²) in [6.07, 6.45) is 5.97. The van der Waals surface area contributed by atoms with Gasteiger partial charge in [0.1, 0.15) is 5.56 Å². The summed E-state index contributed by atoms with van der Waals surface area (Å²) < 4.78 is 0. The predicted octanol–water partition coefficient (Wildman–Crippen LogP) is 3.27. The summed E-state index contributed by atoms with van der Waals surface area (Å²) in [6, 6.07) is 12.4. The molecule has 1 aliphatic heterocycles. The Labute approximate surface area is 147 Å². The minimum Gasteiger partial charge on any atom is -0.338 e. The van der Waals surface area contributed by atoms with Crippen LogP contribution < -0.4 is 5.56 Å². The normalized spacial score (nSPS) is 20.2. The molecule has 130 valence electrons. The fraction of sp³-hybridized carbons (Fsp3) is 0.429. The number of hydrogen-bond donors (Lipinski definition) is 1. The van der Waals surface area contributed by atoms with Crippen LogP contribution in [0.2, 0.25) is 0 Å². The second-order valence-electron chi connectivity index (χ2n) is 7.20. The molecule has 0 spiro atoms. The molecule has 1 aromatic carbocycles. The van der Waals surface area contributed by atoms with Crippen LogP contribution in [0.15, 0.2) is 41.2 Å². The zero-order chi connectivity index (χ0) is 17.2. The fourth-order valence-electron chi connectivity index (χ4n) is 4.20. The number of nitrogens with one attached hydrogen (secondary N) is 1. The molecular formula is C21H24N2O2. The number of hydrogen-bond acceptors (Lipinski definition) is 2. The number of aryl methyl sites for hydroxylation is 2. The van der Waals surface area contributed by atoms with Crippen LogP contribution in [-0.2, 0) is 12.8 Å². The monoisotopic (exact) mass is 336 g/mol. The van der Waals surface area contributed by atoms with Crippen LogP contribution in [0.1, 0.15) is 58.8 Å². The van der Waals surface area contributed by atoms with Crippen molar-refractivity contribution in [2.45, 2.75) is 44.4 Å². The number of nitrogens with zero attached hydrogens (tertiary/aromatic N) is 1. The lowest BCUT2D eigenvalue weighted by Crippen LogP contribution is -2.36. The number of pyridine rings is 1. The summed E-state index contributed by atoms with van der Waals surface area (Å²) in [5.41, 5.74) is 3.60. The SMILES string of the molecule is O=C(c1cc2c([nH]c1=O)CCC2)N1CCCC(c2ccccc2)CC1. The predicted molar refractivity (Wildman–Crippen MR) is 98.0 cm³/mol. The highest BCUT2D eigenvalue weighted by molar-refractivity contribution is 5.94. The molecule has 4 nitrogen and oxygen atoms in total. The first kappa shape index (κ1) is 16.1. The number of carbonyl (C=O) groups excluding carboxylic acids is 1. The lowest BCUT2D eigenvalue weighted by atomic mass is 9.92. The van der Waals surface area contributed by atoms with Gasteiger partial charge in [0.05, 0.1) is 0 Å². The van der Waals surface area contributed by atoms with E-state index in [9.17, 15) is 9.59 Å². The zero-order valence-electron chi connectivity index (χ0n) is 14.5. The van der Waals surface area contributed by atoms with E-state index in [-0.39, 0.29) is 11.5 Å². The maximum Gasteiger partial charge on any atom is 0.261 e. The molecule has 0 radical (unpaired) electrons. The third-order valence-corrected chi connectivity index (χ3v) is 5.60. The van der Waals surface area contributed by atoms with Crippen LogP contribution in [0, 0.1) is 0 Å². The van der Waals surface area contributed by atoms with E-state index in [0.29, 0.717) is 11.5 Å². The van der Waals surface area contributed by atoms with Gasteiger partial charge in [-0.25, -0.2) is 0 Å². The van der Waals surface area contributed by atoms with E-state index in [0.717, 1.165) is 62.9 Å². The number of H-pyrrole nitrogens is 1. The molecule has 25 heavy (non-hydrogen) atoms. The van der Waals surface area contributed by atoms with E-state index < -0.39 is 0 Å². The highest BCUT2D eigenvalue weighted by atomic mass is 16.2. The molecule has 1 saturated heterocycles. The second kappa shape index (κ2) is 6.87. The van der Waals surface area contributed by atoms with Crippen molar-refractivity contribution in [3.05, 3.63) is 69.1 Å². The number of fused-ring (bicyclic) bond motifs is 1. The van der Waals surface area contributed by atoms with E-state index in [1.807, 2.05) is 17.0 Å². The summed E-state index contributed by atoms with van der Waals surface area (Å²) in [5.74, 6) is 0.391. The molecule has 4 rings (SSSR count). The molecule has 1 aromatic heterocycles. The van der Waals surface area contributed by atoms with Crippen molar-refractivity contribution in [3.8, 4) is 0 Å². The van der Waals surface area contributed by atoms with Crippen molar-refractivity contribution in [2.24, 2.45) is 0 Å². The van der Waals surface area contributed by atoms with Crippen molar-refractivity contribution in [1.29, 1.82) is 0 Å². The highest BCUT2D eigenvalue weighted by Gasteiger charge is 2.25. The molecule has 0 bridgehead atoms. The number of aromatic amines is 1. The van der Waals surface area contributed by atoms with E-state index in [4.69, 9.17) is 0 Å². The van der Waals surface area contributed by atoms with Crippen LogP contribution in [0.25, 0.3) is 0 Å². The first-order chi connectivity index (χ1) is 12.2. The Hall–Kier alpha value is -2.36. The van der Waals surface area contributed by atoms with E-state index >= 15 is 0 Å². The molecule has 1 amide bonds. The number of benzene rings is 1. The third-order valence-electron chi connectivity index (χ3n) is 5.60. The van der Waals surface area contributed by atoms with Crippen molar-refractivity contribution < 1.29 is 4.79 Å². The van der Waals surface area contributed by atoms with Gasteiger partial charge in [-0.3, -0.25) is 9.59 Å². The van der Waals surface area contributed by atoms with E-state index in [1.54, 1.807) is 0 Å². The summed E-state index contributed by atoms with van der Waals surface area (Å²) >= 11 is 0. The number of likely N-dealkylation sites (tertiary alicyclic amines) is 1. The average molecular weight is 336 g/mol. The first-order valence-electron chi connectivity index (χ1n) is 9.31. The molecule has 1 atom stereocenters. The van der Waals surface area contributed by atoms with Gasteiger partial charge in [0, 0.05) is 18.8 Å². The molecule has 1 aliphatic carbocycles. The molecule has 1 fully saturated rings. The Balaban J connectivity index is 1.51. The largest absolute Gasteiger partial charge is 0.338 e. The number of carbonyl (C=O) groups is 1. The standard InChI is InChI=1S/C21H24N2O2/c24-20-18(14-17-8-4-10-19(17)22-20)21(25)23-12-5-9-16(11-13-23)15-6-2-1-3-7-15/h1-3,6-7,14,16H,4-5,8-13H2,(H,22,24). The molecule has 2 aromatic rings. The Morgan fingerprint density at radius 1 is 1.04 bits per heavy atom. The van der Waals surface area contributed by atoms with E-state index in [2.05, 4.69) is 29.2 Å². The maximum atomic E-state index is 12.9. The van der Waals surface area contributed by atoms with Crippen LogP contribution in [0.4, 0.5) is 0 Å². The zero-order valence-corrected chi connectivity index (χ0v) is 14.5. The van der Waals surface area contributed by atoms with Crippen LogP contribution in [0.5, 0.6) is 0 Å². The Bertz CT molecular complexity index is 826. The van der Waals surface area contributed by atoms with Gasteiger partial charge < -0.3 is 9.88 Å². The first-order valence-corrected chi connectivity index (χ1v) is 9.31. The van der Waals surface area contributed by atoms with Gasteiger partial charge in [0.2, 0.25) is 0 Å². The molecule has 1 N–H and O–H groups in total. The minimum absolute atomic E-state index is 0.107. The van der Waals surface area contributed by atoms with Crippen LogP contribution >= 0.6 is 0 Å². The summed E-state index contributed by atoms with van der Waals surface area (Å²) in [6.45, 7) is 1.45. The van der Waals surface area contributed by atoms with Gasteiger partial charge >= 0.3 is 0 Å². The van der Waals surface area contributed by atoms with Gasteiger partial charge in [-0.2, -0.15) is 0 Å². The van der Waals surface area contributed by atoms with Crippen LogP contribution in [0.3, 0.4) is 0 Å². The Kier molecular flexibility index (Phi) is 4.43. The fourth-order valence-corrected chi connectivity index (χ4v) is 4.20. The average Bonchev–Trinajstić information content (AvgIpc) is 2.94. The third kappa shape index (κ3) is 3.26. The van der Waals surface area contributed by atoms with Crippen molar-refractivity contribution in [1.82, 2.24) is 9.88 Å². The van der Waals surface area contributed by atoms with Gasteiger partial charge in [-0.05, 0) is 61.6 Å². The Morgan fingerprint density at radius 3 is 2.72 bits per heavy atom. The number of rotatable bonds is 2.